The van der Waals surface area contributed by atoms with Crippen molar-refractivity contribution in [2.24, 2.45) is 0 Å². The van der Waals surface area contributed by atoms with E-state index >= 15 is 0 Å². The average Bonchev–Trinajstić information content (AvgIpc) is 2.20. The van der Waals surface area contributed by atoms with E-state index in [1.807, 2.05) is 0 Å². The van der Waals surface area contributed by atoms with Crippen LogP contribution in [0.5, 0.6) is 0 Å². The fourth-order valence-electron chi connectivity index (χ4n) is 0.966. The van der Waals surface area contributed by atoms with E-state index in [1.54, 1.807) is 12.5 Å². The molecule has 5 heteroatoms. The summed E-state index contributed by atoms with van der Waals surface area (Å²) in [6.45, 7) is 5.16. The number of anilines is 1. The molecule has 0 saturated carbocycles. The van der Waals surface area contributed by atoms with Crippen LogP contribution in [-0.4, -0.2) is 41.5 Å². The molecule has 78 valence electrons. The van der Waals surface area contributed by atoms with Gasteiger partial charge >= 0.3 is 0 Å². The normalized spacial score (nSPS) is 10.6. The van der Waals surface area contributed by atoms with Gasteiger partial charge in [-0.25, -0.2) is 9.97 Å². The molecule has 4 nitrogen and oxygen atoms in total. The molecule has 1 heterocycles. The van der Waals surface area contributed by atoms with Crippen LogP contribution in [0.4, 0.5) is 5.82 Å². The number of nitrogens with zero attached hydrogens (tertiary/aromatic N) is 3. The Hall–Kier alpha value is -0.430. The molecule has 0 unspecified atom stereocenters. The molecule has 0 aromatic carbocycles. The van der Waals surface area contributed by atoms with E-state index in [9.17, 15) is 0 Å². The minimum atomic E-state index is 0.914. The molecule has 14 heavy (non-hydrogen) atoms. The first-order valence-corrected chi connectivity index (χ1v) is 5.69. The van der Waals surface area contributed by atoms with Crippen LogP contribution in [0.3, 0.4) is 0 Å². The van der Waals surface area contributed by atoms with Crippen molar-refractivity contribution in [2.45, 2.75) is 6.92 Å². The van der Waals surface area contributed by atoms with Gasteiger partial charge in [-0.05, 0) is 36.2 Å². The molecular weight excluding hydrogens is 291 g/mol. The van der Waals surface area contributed by atoms with Gasteiger partial charge in [-0.15, -0.1) is 0 Å². The molecule has 1 aromatic heterocycles. The fourth-order valence-corrected chi connectivity index (χ4v) is 1.46. The van der Waals surface area contributed by atoms with Crippen LogP contribution in [0.1, 0.15) is 6.92 Å². The molecule has 1 rings (SSSR count). The zero-order valence-electron chi connectivity index (χ0n) is 8.50. The molecule has 0 saturated heterocycles. The summed E-state index contributed by atoms with van der Waals surface area (Å²) in [6, 6.07) is 0. The van der Waals surface area contributed by atoms with E-state index in [4.69, 9.17) is 0 Å². The van der Waals surface area contributed by atoms with Gasteiger partial charge < -0.3 is 10.2 Å². The topological polar surface area (TPSA) is 41.0 Å². The van der Waals surface area contributed by atoms with Gasteiger partial charge in [-0.2, -0.15) is 0 Å². The van der Waals surface area contributed by atoms with Gasteiger partial charge in [-0.1, -0.05) is 6.92 Å². The van der Waals surface area contributed by atoms with Crippen molar-refractivity contribution in [3.8, 4) is 0 Å². The first kappa shape index (κ1) is 11.6. The lowest BCUT2D eigenvalue weighted by Gasteiger charge is -2.14. The monoisotopic (exact) mass is 306 g/mol. The van der Waals surface area contributed by atoms with Gasteiger partial charge in [0.15, 0.2) is 0 Å². The van der Waals surface area contributed by atoms with Crippen LogP contribution in [0.2, 0.25) is 0 Å². The number of nitrogens with one attached hydrogen (secondary N) is 1. The second-order valence-electron chi connectivity index (χ2n) is 3.04. The predicted octanol–water partition coefficient (Wildman–Crippen LogP) is 1.44. The molecule has 0 radical (unpaired) electrons. The minimum Gasteiger partial charge on any atom is -0.368 e. The maximum atomic E-state index is 4.15. The third-order valence-corrected chi connectivity index (χ3v) is 2.78. The quantitative estimate of drug-likeness (QED) is 0.836. The zero-order valence-corrected chi connectivity index (χ0v) is 10.7. The van der Waals surface area contributed by atoms with E-state index in [0.29, 0.717) is 0 Å². The van der Waals surface area contributed by atoms with Crippen molar-refractivity contribution in [1.82, 2.24) is 14.9 Å². The van der Waals surface area contributed by atoms with Crippen molar-refractivity contribution in [3.63, 3.8) is 0 Å². The summed E-state index contributed by atoms with van der Waals surface area (Å²) >= 11 is 2.23. The summed E-state index contributed by atoms with van der Waals surface area (Å²) in [6.07, 6.45) is 3.37. The Labute approximate surface area is 98.3 Å². The third-order valence-electron chi connectivity index (χ3n) is 1.99. The maximum Gasteiger partial charge on any atom is 0.142 e. The fraction of sp³-hybridized carbons (Fsp3) is 0.556. The largest absolute Gasteiger partial charge is 0.368 e. The van der Waals surface area contributed by atoms with Crippen LogP contribution in [0.15, 0.2) is 12.5 Å². The van der Waals surface area contributed by atoms with Crippen LogP contribution < -0.4 is 5.32 Å². The zero-order chi connectivity index (χ0) is 10.4. The van der Waals surface area contributed by atoms with Gasteiger partial charge in [0.05, 0.1) is 3.57 Å². The Bertz CT molecular complexity index is 279. The molecule has 0 fully saturated rings. The van der Waals surface area contributed by atoms with Gasteiger partial charge in [-0.3, -0.25) is 0 Å². The molecule has 0 bridgehead atoms. The van der Waals surface area contributed by atoms with E-state index in [0.717, 1.165) is 29.0 Å². The van der Waals surface area contributed by atoms with E-state index in [1.165, 1.54) is 0 Å². The van der Waals surface area contributed by atoms with Crippen molar-refractivity contribution in [1.29, 1.82) is 0 Å². The molecular formula is C9H15IN4. The molecule has 1 N–H and O–H groups in total. The van der Waals surface area contributed by atoms with Gasteiger partial charge in [0.25, 0.3) is 0 Å². The van der Waals surface area contributed by atoms with Gasteiger partial charge in [0.1, 0.15) is 12.1 Å². The summed E-state index contributed by atoms with van der Waals surface area (Å²) in [4.78, 5) is 10.3. The standard InChI is InChI=1S/C9H15IN4/c1-3-14(2)5-4-12-9-8(10)6-11-7-13-9/h6-7H,3-5H2,1-2H3,(H,11,12,13). The molecule has 0 aliphatic rings. The second kappa shape index (κ2) is 6.13. The number of hydrogen-bond acceptors (Lipinski definition) is 4. The number of hydrogen-bond donors (Lipinski definition) is 1. The summed E-state index contributed by atoms with van der Waals surface area (Å²) in [5.74, 6) is 0.921. The van der Waals surface area contributed by atoms with Crippen molar-refractivity contribution in [3.05, 3.63) is 16.1 Å². The average molecular weight is 306 g/mol. The number of halogens is 1. The lowest BCUT2D eigenvalue weighted by atomic mass is 10.5. The molecule has 0 aliphatic carbocycles. The van der Waals surface area contributed by atoms with Crippen LogP contribution >= 0.6 is 22.6 Å². The summed E-state index contributed by atoms with van der Waals surface area (Å²) in [5, 5.41) is 3.28. The molecule has 0 spiro atoms. The second-order valence-corrected chi connectivity index (χ2v) is 4.20. The number of aromatic nitrogens is 2. The predicted molar refractivity (Wildman–Crippen MR) is 66.4 cm³/mol. The number of rotatable bonds is 5. The molecule has 0 atom stereocenters. The Kier molecular flexibility index (Phi) is 5.10. The Balaban J connectivity index is 2.35. The highest BCUT2D eigenvalue weighted by atomic mass is 127. The first-order valence-electron chi connectivity index (χ1n) is 4.62. The lowest BCUT2D eigenvalue weighted by molar-refractivity contribution is 0.367. The Morgan fingerprint density at radius 2 is 2.36 bits per heavy atom. The van der Waals surface area contributed by atoms with Crippen molar-refractivity contribution >= 4 is 28.4 Å². The third kappa shape index (κ3) is 3.75. The molecule has 0 amide bonds. The van der Waals surface area contributed by atoms with Crippen molar-refractivity contribution < 1.29 is 0 Å². The Morgan fingerprint density at radius 1 is 1.57 bits per heavy atom. The van der Waals surface area contributed by atoms with Gasteiger partial charge in [0, 0.05) is 19.3 Å². The lowest BCUT2D eigenvalue weighted by Crippen LogP contribution is -2.25. The SMILES string of the molecule is CCN(C)CCNc1ncncc1I. The van der Waals surface area contributed by atoms with Crippen LogP contribution in [0, 0.1) is 3.57 Å². The Morgan fingerprint density at radius 3 is 3.00 bits per heavy atom. The van der Waals surface area contributed by atoms with E-state index in [-0.39, 0.29) is 0 Å². The van der Waals surface area contributed by atoms with E-state index < -0.39 is 0 Å². The van der Waals surface area contributed by atoms with Gasteiger partial charge in [0.2, 0.25) is 0 Å². The maximum absolute atomic E-state index is 4.15. The number of likely N-dealkylation sites (N-methyl/N-ethyl adjacent to an activating group) is 1. The minimum absolute atomic E-state index is 0.914. The van der Waals surface area contributed by atoms with Crippen LogP contribution in [0.25, 0.3) is 0 Å². The van der Waals surface area contributed by atoms with Crippen molar-refractivity contribution in [2.75, 3.05) is 32.0 Å². The highest BCUT2D eigenvalue weighted by Crippen LogP contribution is 2.11. The smallest absolute Gasteiger partial charge is 0.142 e. The highest BCUT2D eigenvalue weighted by Gasteiger charge is 1.99. The first-order chi connectivity index (χ1) is 6.74. The molecule has 1 aromatic rings. The van der Waals surface area contributed by atoms with Crippen LogP contribution in [-0.2, 0) is 0 Å². The van der Waals surface area contributed by atoms with E-state index in [2.05, 4.69) is 56.7 Å². The summed E-state index contributed by atoms with van der Waals surface area (Å²) in [5.41, 5.74) is 0. The summed E-state index contributed by atoms with van der Waals surface area (Å²) < 4.78 is 1.06. The summed E-state index contributed by atoms with van der Waals surface area (Å²) in [7, 11) is 2.10. The molecule has 0 aliphatic heterocycles. The highest BCUT2D eigenvalue weighted by molar-refractivity contribution is 14.1.